The van der Waals surface area contributed by atoms with Gasteiger partial charge in [0.1, 0.15) is 28.7 Å². The van der Waals surface area contributed by atoms with Crippen LogP contribution >= 0.6 is 11.6 Å². The molecule has 27 heavy (non-hydrogen) atoms. The second-order valence-corrected chi connectivity index (χ2v) is 9.11. The van der Waals surface area contributed by atoms with Crippen molar-refractivity contribution in [3.05, 3.63) is 58.4 Å². The van der Waals surface area contributed by atoms with Gasteiger partial charge < -0.3 is 14.0 Å². The summed E-state index contributed by atoms with van der Waals surface area (Å²) in [6.45, 7) is 1.65. The molecule has 148 valence electrons. The van der Waals surface area contributed by atoms with E-state index in [4.69, 9.17) is 26.6 Å². The van der Waals surface area contributed by atoms with Gasteiger partial charge in [-0.25, -0.2) is 4.39 Å². The number of methoxy groups -OCH3 is 1. The molecule has 0 radical (unpaired) electrons. The van der Waals surface area contributed by atoms with Gasteiger partial charge in [0.25, 0.3) is 0 Å². The van der Waals surface area contributed by atoms with Crippen molar-refractivity contribution in [1.82, 2.24) is 4.72 Å². The highest BCUT2D eigenvalue weighted by molar-refractivity contribution is 7.90. The average molecular weight is 418 g/mol. The molecule has 7 heteroatoms. The highest BCUT2D eigenvalue weighted by atomic mass is 35.5. The van der Waals surface area contributed by atoms with E-state index in [1.54, 1.807) is 45.0 Å². The van der Waals surface area contributed by atoms with E-state index in [1.165, 1.54) is 7.11 Å². The Labute approximate surface area is 174 Å². The minimum Gasteiger partial charge on any atom is -0.598 e. The molecule has 1 N–H and O–H groups in total. The second kappa shape index (κ2) is 9.15. The molecule has 2 atom stereocenters. The van der Waals surface area contributed by atoms with Gasteiger partial charge in [-0.15, -0.1) is 4.72 Å². The van der Waals surface area contributed by atoms with Crippen LogP contribution in [0.5, 0.6) is 11.5 Å². The topological polar surface area (TPSA) is 53.5 Å². The smallest absolute Gasteiger partial charge is 0.136 e. The maximum Gasteiger partial charge on any atom is 0.136 e. The summed E-state index contributed by atoms with van der Waals surface area (Å²) in [5.74, 6) is 0.231. The van der Waals surface area contributed by atoms with Gasteiger partial charge in [0.2, 0.25) is 0 Å². The van der Waals surface area contributed by atoms with Gasteiger partial charge in [0.15, 0.2) is 0 Å². The summed E-state index contributed by atoms with van der Waals surface area (Å²) in [4.78, 5) is 0. The molecule has 2 rings (SSSR count). The van der Waals surface area contributed by atoms with Crippen LogP contribution in [-0.4, -0.2) is 16.4 Å². The molecule has 0 saturated heterocycles. The lowest BCUT2D eigenvalue weighted by Crippen LogP contribution is -2.40. The lowest BCUT2D eigenvalue weighted by molar-refractivity contribution is 0.303. The van der Waals surface area contributed by atoms with E-state index in [2.05, 4.69) is 4.72 Å². The van der Waals surface area contributed by atoms with E-state index in [9.17, 15) is 8.94 Å². The van der Waals surface area contributed by atoms with Crippen LogP contribution in [0.15, 0.2) is 36.4 Å². The third kappa shape index (κ3) is 6.01. The summed E-state index contributed by atoms with van der Waals surface area (Å²) < 4.78 is 71.7. The normalized spacial score (nSPS) is 17.7. The quantitative estimate of drug-likeness (QED) is 0.630. The Kier molecular flexibility index (Phi) is 5.58. The van der Waals surface area contributed by atoms with Crippen molar-refractivity contribution >= 4 is 23.0 Å². The van der Waals surface area contributed by atoms with Gasteiger partial charge in [-0.2, -0.15) is 0 Å². The third-order valence-corrected chi connectivity index (χ3v) is 5.46. The van der Waals surface area contributed by atoms with Gasteiger partial charge in [0.05, 0.1) is 19.5 Å². The Morgan fingerprint density at radius 1 is 1.30 bits per heavy atom. The van der Waals surface area contributed by atoms with E-state index in [-0.39, 0.29) is 22.8 Å². The van der Waals surface area contributed by atoms with Crippen molar-refractivity contribution in [3.8, 4) is 11.5 Å². The predicted octanol–water partition coefficient (Wildman–Crippen LogP) is 5.18. The van der Waals surface area contributed by atoms with Gasteiger partial charge in [0, 0.05) is 21.0 Å². The van der Waals surface area contributed by atoms with Crippen molar-refractivity contribution in [2.45, 2.75) is 45.0 Å². The Morgan fingerprint density at radius 3 is 2.48 bits per heavy atom. The predicted molar refractivity (Wildman–Crippen MR) is 108 cm³/mol. The van der Waals surface area contributed by atoms with Crippen LogP contribution in [0, 0.1) is 5.82 Å². The maximum atomic E-state index is 14.2. The summed E-state index contributed by atoms with van der Waals surface area (Å²) in [7, 11) is 1.53. The molecule has 0 aromatic heterocycles. The van der Waals surface area contributed by atoms with E-state index >= 15 is 0 Å². The number of halogens is 2. The lowest BCUT2D eigenvalue weighted by Gasteiger charge is -2.27. The molecule has 4 nitrogen and oxygen atoms in total. The molecule has 0 spiro atoms. The summed E-state index contributed by atoms with van der Waals surface area (Å²) in [6.07, 6.45) is 0. The van der Waals surface area contributed by atoms with Crippen molar-refractivity contribution in [3.63, 3.8) is 0 Å². The first-order chi connectivity index (χ1) is 14.2. The monoisotopic (exact) mass is 417 g/mol. The fraction of sp³-hybridized carbons (Fsp3) is 0.400. The molecule has 0 fully saturated rings. The zero-order valence-corrected chi connectivity index (χ0v) is 17.1. The third-order valence-electron chi connectivity index (χ3n) is 3.62. The Balaban J connectivity index is 2.50. The zero-order valence-electron chi connectivity index (χ0n) is 19.6. The van der Waals surface area contributed by atoms with Gasteiger partial charge in [-0.3, -0.25) is 0 Å². The number of nitrogens with one attached hydrogen (secondary N) is 1. The standard InChI is InChI=1S/C20H25ClFNO3S/c1-13(23-27(24)20(2,3)4)17-10-14(22)11-19(21)18(17)12-26-16-8-6-15(25-5)7-9-16/h6-11,13,23H,12H2,1-5H3/t13-,27?/m0/s1/i1D3,13D. The maximum absolute atomic E-state index is 14.2. The summed E-state index contributed by atoms with van der Waals surface area (Å²) >= 11 is 4.28. The molecule has 2 aromatic rings. The van der Waals surface area contributed by atoms with Crippen LogP contribution in [0.1, 0.15) is 50.3 Å². The first-order valence-corrected chi connectivity index (χ1v) is 9.67. The van der Waals surface area contributed by atoms with Crippen LogP contribution in [0.25, 0.3) is 0 Å². The number of benzene rings is 2. The highest BCUT2D eigenvalue weighted by Gasteiger charge is 2.29. The fourth-order valence-corrected chi connectivity index (χ4v) is 2.96. The van der Waals surface area contributed by atoms with Gasteiger partial charge in [-0.05, 0) is 69.6 Å². The Bertz CT molecular complexity index is 909. The van der Waals surface area contributed by atoms with Crippen LogP contribution < -0.4 is 14.2 Å². The zero-order chi connectivity index (χ0) is 23.6. The van der Waals surface area contributed by atoms with Crippen LogP contribution in [-0.2, 0) is 18.0 Å². The van der Waals surface area contributed by atoms with Crippen LogP contribution in [0.3, 0.4) is 0 Å². The van der Waals surface area contributed by atoms with Crippen molar-refractivity contribution < 1.29 is 23.9 Å². The SMILES string of the molecule is [2H]C([2H])([2H])[C@]([2H])(N[S+]([O-])C(C)(C)C)c1cc(F)cc(Cl)c1COc1ccc(OC)cc1. The van der Waals surface area contributed by atoms with Crippen molar-refractivity contribution in [2.75, 3.05) is 7.11 Å². The van der Waals surface area contributed by atoms with E-state index < -0.39 is 34.8 Å². The number of rotatable bonds is 7. The molecule has 1 unspecified atom stereocenters. The highest BCUT2D eigenvalue weighted by Crippen LogP contribution is 2.30. The van der Waals surface area contributed by atoms with Crippen LogP contribution in [0.4, 0.5) is 4.39 Å². The number of hydrogen-bond donors (Lipinski definition) is 1. The number of hydrogen-bond acceptors (Lipinski definition) is 4. The molecule has 0 aliphatic rings. The molecule has 0 heterocycles. The van der Waals surface area contributed by atoms with Crippen molar-refractivity contribution in [1.29, 1.82) is 0 Å². The molecule has 0 amide bonds. The Morgan fingerprint density at radius 2 is 1.93 bits per heavy atom. The summed E-state index contributed by atoms with van der Waals surface area (Å²) in [5.41, 5.74) is -0.174. The molecular formula is C20H25ClFNO3S. The van der Waals surface area contributed by atoms with E-state index in [0.29, 0.717) is 11.5 Å². The fourth-order valence-electron chi connectivity index (χ4n) is 2.10. The van der Waals surface area contributed by atoms with E-state index in [1.807, 2.05) is 0 Å². The molecule has 0 saturated carbocycles. The molecule has 2 aromatic carbocycles. The molecule has 0 bridgehead atoms. The minimum absolute atomic E-state index is 0.100. The van der Waals surface area contributed by atoms with E-state index in [0.717, 1.165) is 12.1 Å². The number of ether oxygens (including phenoxy) is 2. The van der Waals surface area contributed by atoms with Gasteiger partial charge >= 0.3 is 0 Å². The molecule has 0 aliphatic heterocycles. The van der Waals surface area contributed by atoms with Crippen molar-refractivity contribution in [2.24, 2.45) is 0 Å². The Hall–Kier alpha value is -1.47. The summed E-state index contributed by atoms with van der Waals surface area (Å²) in [5, 5.41) is -0.104. The lowest BCUT2D eigenvalue weighted by atomic mass is 10.0. The first kappa shape index (κ1) is 16.5. The summed E-state index contributed by atoms with van der Waals surface area (Å²) in [6, 6.07) is 5.95. The van der Waals surface area contributed by atoms with Crippen LogP contribution in [0.2, 0.25) is 5.02 Å². The average Bonchev–Trinajstić information content (AvgIpc) is 2.65. The molecule has 0 aliphatic carbocycles. The first-order valence-electron chi connectivity index (χ1n) is 10.1. The minimum atomic E-state index is -3.00. The molecular weight excluding hydrogens is 389 g/mol. The van der Waals surface area contributed by atoms with Gasteiger partial charge in [-0.1, -0.05) is 11.6 Å². The second-order valence-electron chi connectivity index (χ2n) is 6.74. The largest absolute Gasteiger partial charge is 0.598 e.